The molecule has 76 valence electrons. The van der Waals surface area contributed by atoms with E-state index >= 15 is 0 Å². The first kappa shape index (κ1) is 10.9. The van der Waals surface area contributed by atoms with Crippen molar-refractivity contribution in [3.63, 3.8) is 0 Å². The van der Waals surface area contributed by atoms with E-state index in [0.717, 1.165) is 0 Å². The van der Waals surface area contributed by atoms with Crippen molar-refractivity contribution < 1.29 is 4.21 Å². The summed E-state index contributed by atoms with van der Waals surface area (Å²) < 4.78 is 15.5. The highest BCUT2D eigenvalue weighted by molar-refractivity contribution is 7.85. The normalized spacial score (nSPS) is 24.3. The van der Waals surface area contributed by atoms with Gasteiger partial charge in [0.2, 0.25) is 0 Å². The van der Waals surface area contributed by atoms with Gasteiger partial charge in [-0.05, 0) is 33.6 Å². The third kappa shape index (κ3) is 2.90. The summed E-state index contributed by atoms with van der Waals surface area (Å²) in [6, 6.07) is 0. The lowest BCUT2D eigenvalue weighted by molar-refractivity contribution is 0.270. The van der Waals surface area contributed by atoms with Crippen LogP contribution in [0.3, 0.4) is 0 Å². The van der Waals surface area contributed by atoms with Gasteiger partial charge >= 0.3 is 0 Å². The predicted molar refractivity (Wildman–Crippen MR) is 58.3 cm³/mol. The Balaban J connectivity index is 2.53. The van der Waals surface area contributed by atoms with Crippen LogP contribution in [-0.2, 0) is 11.0 Å². The molecule has 0 aromatic rings. The molecule has 3 heteroatoms. The van der Waals surface area contributed by atoms with Crippen LogP contribution in [0.4, 0.5) is 0 Å². The van der Waals surface area contributed by atoms with Gasteiger partial charge in [0.25, 0.3) is 0 Å². The minimum absolute atomic E-state index is 0.226. The summed E-state index contributed by atoms with van der Waals surface area (Å²) >= 11 is 0. The van der Waals surface area contributed by atoms with Crippen LogP contribution in [0.2, 0.25) is 0 Å². The van der Waals surface area contributed by atoms with Gasteiger partial charge in [0.1, 0.15) is 11.0 Å². The highest BCUT2D eigenvalue weighted by Gasteiger charge is 2.30. The Bertz CT molecular complexity index is 236. The lowest BCUT2D eigenvalue weighted by Crippen LogP contribution is -2.28. The van der Waals surface area contributed by atoms with Gasteiger partial charge in [0, 0.05) is 11.6 Å². The van der Waals surface area contributed by atoms with Crippen LogP contribution in [0.25, 0.3) is 0 Å². The lowest BCUT2D eigenvalue weighted by Gasteiger charge is -2.34. The van der Waals surface area contributed by atoms with Gasteiger partial charge in [-0.3, -0.25) is 0 Å². The molecule has 0 spiro atoms. The van der Waals surface area contributed by atoms with Crippen molar-refractivity contribution in [2.75, 3.05) is 0 Å². The minimum atomic E-state index is -1.08. The van der Waals surface area contributed by atoms with E-state index in [9.17, 15) is 4.21 Å². The molecule has 1 saturated carbocycles. The molecule has 2 nitrogen and oxygen atoms in total. The van der Waals surface area contributed by atoms with E-state index in [1.807, 2.05) is 27.0 Å². The maximum Gasteiger partial charge on any atom is 0.144 e. The largest absolute Gasteiger partial charge is 0.234 e. The minimum Gasteiger partial charge on any atom is -0.234 e. The first-order chi connectivity index (χ1) is 5.83. The van der Waals surface area contributed by atoms with Crippen LogP contribution in [0.15, 0.2) is 4.40 Å². The van der Waals surface area contributed by atoms with Crippen LogP contribution in [0.5, 0.6) is 0 Å². The Morgan fingerprint density at radius 1 is 1.38 bits per heavy atom. The van der Waals surface area contributed by atoms with Crippen LogP contribution in [0.1, 0.15) is 47.0 Å². The number of hydrogen-bond donors (Lipinski definition) is 0. The second-order valence-electron chi connectivity index (χ2n) is 5.10. The molecule has 0 aromatic heterocycles. The smallest absolute Gasteiger partial charge is 0.144 e. The maximum absolute atomic E-state index is 11.6. The number of nitrogens with zero attached hydrogens (tertiary/aromatic N) is 1. The molecule has 0 saturated heterocycles. The van der Waals surface area contributed by atoms with Gasteiger partial charge in [-0.1, -0.05) is 13.3 Å². The molecule has 0 radical (unpaired) electrons. The number of hydrogen-bond acceptors (Lipinski definition) is 1. The first-order valence-electron chi connectivity index (χ1n) is 4.81. The predicted octanol–water partition coefficient (Wildman–Crippen LogP) is 2.71. The average Bonchev–Trinajstić information content (AvgIpc) is 1.94. The monoisotopic (exact) mass is 201 g/mol. The summed E-state index contributed by atoms with van der Waals surface area (Å²) in [7, 11) is -1.08. The molecule has 0 heterocycles. The fraction of sp³-hybridized carbons (Fsp3) is 0.900. The second-order valence-corrected chi connectivity index (χ2v) is 7.04. The Labute approximate surface area is 83.4 Å². The van der Waals surface area contributed by atoms with Gasteiger partial charge in [-0.15, -0.1) is 0 Å². The van der Waals surface area contributed by atoms with Gasteiger partial charge in [0.05, 0.1) is 4.75 Å². The van der Waals surface area contributed by atoms with E-state index in [-0.39, 0.29) is 10.2 Å². The Kier molecular flexibility index (Phi) is 2.95. The van der Waals surface area contributed by atoms with Crippen molar-refractivity contribution in [2.45, 2.75) is 51.7 Å². The molecule has 1 fully saturated rings. The van der Waals surface area contributed by atoms with Crippen LogP contribution in [0, 0.1) is 5.41 Å². The summed E-state index contributed by atoms with van der Waals surface area (Å²) in [6.45, 7) is 8.02. The SMILES string of the molecule is CC1(C=NS(=O)C(C)(C)C)CCC1. The lowest BCUT2D eigenvalue weighted by atomic mass is 9.72. The summed E-state index contributed by atoms with van der Waals surface area (Å²) in [5.41, 5.74) is 0.237. The highest BCUT2D eigenvalue weighted by atomic mass is 32.2. The quantitative estimate of drug-likeness (QED) is 0.632. The van der Waals surface area contributed by atoms with Crippen LogP contribution in [-0.4, -0.2) is 15.2 Å². The third-order valence-corrected chi connectivity index (χ3v) is 3.82. The Morgan fingerprint density at radius 2 is 1.92 bits per heavy atom. The molecule has 1 aliphatic rings. The van der Waals surface area contributed by atoms with Crippen molar-refractivity contribution >= 4 is 17.2 Å². The van der Waals surface area contributed by atoms with Crippen LogP contribution < -0.4 is 0 Å². The van der Waals surface area contributed by atoms with Crippen molar-refractivity contribution in [2.24, 2.45) is 9.81 Å². The third-order valence-electron chi connectivity index (χ3n) is 2.48. The van der Waals surface area contributed by atoms with Gasteiger partial charge in [-0.2, -0.15) is 4.40 Å². The average molecular weight is 201 g/mol. The fourth-order valence-corrected chi connectivity index (χ4v) is 1.86. The van der Waals surface area contributed by atoms with E-state index in [2.05, 4.69) is 11.3 Å². The van der Waals surface area contributed by atoms with Crippen molar-refractivity contribution in [3.05, 3.63) is 0 Å². The van der Waals surface area contributed by atoms with Gasteiger partial charge in [-0.25, -0.2) is 4.21 Å². The summed E-state index contributed by atoms with van der Waals surface area (Å²) in [4.78, 5) is 0. The standard InChI is InChI=1S/C10H19NOS/c1-9(2,3)13(12)11-8-10(4)6-5-7-10/h8H,5-7H2,1-4H3. The zero-order chi connectivity index (χ0) is 10.1. The van der Waals surface area contributed by atoms with E-state index in [1.54, 1.807) is 0 Å². The Hall–Kier alpha value is -0.180. The molecular weight excluding hydrogens is 182 g/mol. The van der Waals surface area contributed by atoms with Gasteiger partial charge < -0.3 is 0 Å². The summed E-state index contributed by atoms with van der Waals surface area (Å²) in [5, 5.41) is 0. The molecule has 0 bridgehead atoms. The van der Waals surface area contributed by atoms with E-state index in [0.29, 0.717) is 0 Å². The highest BCUT2D eigenvalue weighted by Crippen LogP contribution is 2.38. The maximum atomic E-state index is 11.6. The molecule has 1 aliphatic carbocycles. The molecular formula is C10H19NOS. The topological polar surface area (TPSA) is 29.4 Å². The van der Waals surface area contributed by atoms with Crippen LogP contribution >= 0.6 is 0 Å². The molecule has 0 amide bonds. The summed E-state index contributed by atoms with van der Waals surface area (Å²) in [5.74, 6) is 0. The molecule has 0 aliphatic heterocycles. The number of rotatable bonds is 2. The van der Waals surface area contributed by atoms with Crippen molar-refractivity contribution in [1.29, 1.82) is 0 Å². The molecule has 1 atom stereocenters. The molecule has 0 aromatic carbocycles. The van der Waals surface area contributed by atoms with E-state index in [4.69, 9.17) is 0 Å². The molecule has 0 N–H and O–H groups in total. The second kappa shape index (κ2) is 3.52. The molecule has 13 heavy (non-hydrogen) atoms. The van der Waals surface area contributed by atoms with Crippen molar-refractivity contribution in [3.8, 4) is 0 Å². The first-order valence-corrected chi connectivity index (χ1v) is 5.91. The zero-order valence-electron chi connectivity index (χ0n) is 8.96. The van der Waals surface area contributed by atoms with Gasteiger partial charge in [0.15, 0.2) is 0 Å². The van der Waals surface area contributed by atoms with E-state index in [1.165, 1.54) is 19.3 Å². The van der Waals surface area contributed by atoms with E-state index < -0.39 is 11.0 Å². The molecule has 1 unspecified atom stereocenters. The Morgan fingerprint density at radius 3 is 2.23 bits per heavy atom. The fourth-order valence-electron chi connectivity index (χ4n) is 1.20. The zero-order valence-corrected chi connectivity index (χ0v) is 9.78. The summed E-state index contributed by atoms with van der Waals surface area (Å²) in [6.07, 6.45) is 5.57. The molecule has 1 rings (SSSR count). The van der Waals surface area contributed by atoms with Crippen molar-refractivity contribution in [1.82, 2.24) is 0 Å².